The maximum Gasteiger partial charge on any atom is 0.249 e. The van der Waals surface area contributed by atoms with E-state index in [2.05, 4.69) is 4.98 Å². The van der Waals surface area contributed by atoms with E-state index in [-0.39, 0.29) is 5.75 Å². The number of aromatic nitrogens is 1. The van der Waals surface area contributed by atoms with Crippen LogP contribution < -0.4 is 5.73 Å². The molecule has 4 rings (SSSR count). The van der Waals surface area contributed by atoms with Gasteiger partial charge in [-0.25, -0.2) is 0 Å². The van der Waals surface area contributed by atoms with Crippen LogP contribution in [0.5, 0.6) is 5.75 Å². The third kappa shape index (κ3) is 2.59. The smallest absolute Gasteiger partial charge is 0.249 e. The molecule has 4 nitrogen and oxygen atoms in total. The second-order valence-corrected chi connectivity index (χ2v) is 6.90. The van der Waals surface area contributed by atoms with Gasteiger partial charge in [0.2, 0.25) is 5.91 Å². The number of aromatic amines is 1. The van der Waals surface area contributed by atoms with Gasteiger partial charge in [-0.2, -0.15) is 0 Å². The number of phenols is 1. The summed E-state index contributed by atoms with van der Waals surface area (Å²) in [6.45, 7) is 0. The Morgan fingerprint density at radius 3 is 2.38 bits per heavy atom. The summed E-state index contributed by atoms with van der Waals surface area (Å²) >= 11 is 12.6. The van der Waals surface area contributed by atoms with Crippen LogP contribution in [0, 0.1) is 0 Å². The van der Waals surface area contributed by atoms with Crippen molar-refractivity contribution in [1.82, 2.24) is 4.98 Å². The summed E-state index contributed by atoms with van der Waals surface area (Å²) in [7, 11) is 0. The summed E-state index contributed by atoms with van der Waals surface area (Å²) in [5.74, 6) is -0.468. The lowest BCUT2D eigenvalue weighted by Gasteiger charge is -2.09. The Hall–Kier alpha value is -2.69. The minimum atomic E-state index is -0.546. The van der Waals surface area contributed by atoms with Crippen molar-refractivity contribution in [2.45, 2.75) is 6.42 Å². The Morgan fingerprint density at radius 1 is 1.00 bits per heavy atom. The van der Waals surface area contributed by atoms with Crippen LogP contribution >= 0.6 is 23.2 Å². The number of aromatic hydroxyl groups is 1. The Morgan fingerprint density at radius 2 is 1.69 bits per heavy atom. The van der Waals surface area contributed by atoms with Gasteiger partial charge in [-0.15, -0.1) is 0 Å². The van der Waals surface area contributed by atoms with E-state index in [1.54, 1.807) is 36.4 Å². The van der Waals surface area contributed by atoms with Crippen LogP contribution in [0.1, 0.15) is 21.5 Å². The first-order chi connectivity index (χ1) is 12.5. The van der Waals surface area contributed by atoms with E-state index in [1.165, 1.54) is 0 Å². The molecule has 0 aliphatic rings. The highest BCUT2D eigenvalue weighted by Gasteiger charge is 2.18. The third-order valence-corrected chi connectivity index (χ3v) is 5.25. The SMILES string of the molecule is NC(=O)c1cccc2[nH]c3c(Cc4c(Cl)cccc4Cl)ccc(O)c3c12. The average molecular weight is 385 g/mol. The summed E-state index contributed by atoms with van der Waals surface area (Å²) in [6, 6.07) is 14.0. The molecule has 3 aromatic carbocycles. The van der Waals surface area contributed by atoms with E-state index < -0.39 is 5.91 Å². The van der Waals surface area contributed by atoms with Crippen molar-refractivity contribution >= 4 is 50.9 Å². The fourth-order valence-electron chi connectivity index (χ4n) is 3.34. The zero-order valence-electron chi connectivity index (χ0n) is 13.5. The van der Waals surface area contributed by atoms with Crippen molar-refractivity contribution in [3.05, 3.63) is 75.3 Å². The molecule has 26 heavy (non-hydrogen) atoms. The first-order valence-corrected chi connectivity index (χ1v) is 8.71. The van der Waals surface area contributed by atoms with Crippen molar-refractivity contribution in [3.63, 3.8) is 0 Å². The molecule has 4 aromatic rings. The third-order valence-electron chi connectivity index (χ3n) is 4.54. The highest BCUT2D eigenvalue weighted by molar-refractivity contribution is 6.36. The van der Waals surface area contributed by atoms with Crippen LogP contribution in [-0.2, 0) is 6.42 Å². The van der Waals surface area contributed by atoms with Crippen LogP contribution in [0.25, 0.3) is 21.8 Å². The Kier molecular flexibility index (Phi) is 4.02. The molecule has 0 fully saturated rings. The molecular weight excluding hydrogens is 371 g/mol. The van der Waals surface area contributed by atoms with E-state index in [0.29, 0.717) is 32.8 Å². The summed E-state index contributed by atoms with van der Waals surface area (Å²) in [6.07, 6.45) is 0.480. The van der Waals surface area contributed by atoms with E-state index in [1.807, 2.05) is 12.1 Å². The number of hydrogen-bond acceptors (Lipinski definition) is 2. The number of benzene rings is 3. The van der Waals surface area contributed by atoms with Gasteiger partial charge in [0.25, 0.3) is 0 Å². The number of amides is 1. The zero-order chi connectivity index (χ0) is 18.4. The van der Waals surface area contributed by atoms with Crippen molar-refractivity contribution in [2.24, 2.45) is 5.73 Å². The molecule has 130 valence electrons. The van der Waals surface area contributed by atoms with Crippen LogP contribution in [0.15, 0.2) is 48.5 Å². The molecule has 0 unspecified atom stereocenters. The number of carbonyl (C=O) groups is 1. The second-order valence-electron chi connectivity index (χ2n) is 6.09. The van der Waals surface area contributed by atoms with Gasteiger partial charge in [-0.3, -0.25) is 4.79 Å². The van der Waals surface area contributed by atoms with Gasteiger partial charge in [-0.05, 0) is 41.5 Å². The molecule has 1 heterocycles. The van der Waals surface area contributed by atoms with Crippen LogP contribution in [0.3, 0.4) is 0 Å². The monoisotopic (exact) mass is 384 g/mol. The largest absolute Gasteiger partial charge is 0.507 e. The molecule has 0 bridgehead atoms. The lowest BCUT2D eigenvalue weighted by atomic mass is 9.99. The molecule has 0 saturated heterocycles. The molecule has 0 saturated carbocycles. The summed E-state index contributed by atoms with van der Waals surface area (Å²) < 4.78 is 0. The molecular formula is C20H14Cl2N2O2. The number of rotatable bonds is 3. The molecule has 0 atom stereocenters. The first-order valence-electron chi connectivity index (χ1n) is 7.95. The Bertz CT molecular complexity index is 1160. The van der Waals surface area contributed by atoms with Gasteiger partial charge in [0.05, 0.1) is 10.9 Å². The number of nitrogens with one attached hydrogen (secondary N) is 1. The van der Waals surface area contributed by atoms with Crippen molar-refractivity contribution in [3.8, 4) is 5.75 Å². The average Bonchev–Trinajstić information content (AvgIpc) is 3.00. The fourth-order valence-corrected chi connectivity index (χ4v) is 3.87. The van der Waals surface area contributed by atoms with Gasteiger partial charge in [0.1, 0.15) is 5.75 Å². The number of phenolic OH excluding ortho intramolecular Hbond substituents is 1. The highest BCUT2D eigenvalue weighted by atomic mass is 35.5. The van der Waals surface area contributed by atoms with Gasteiger partial charge >= 0.3 is 0 Å². The van der Waals surface area contributed by atoms with Crippen LogP contribution in [0.4, 0.5) is 0 Å². The van der Waals surface area contributed by atoms with Crippen molar-refractivity contribution in [2.75, 3.05) is 0 Å². The predicted molar refractivity (Wildman–Crippen MR) is 105 cm³/mol. The minimum absolute atomic E-state index is 0.0777. The standard InChI is InChI=1S/C20H14Cl2N2O2/c21-13-4-2-5-14(22)12(13)9-10-7-8-16(25)18-17-11(20(23)26)3-1-6-15(17)24-19(10)18/h1-8,24-25H,9H2,(H2,23,26). The number of fused-ring (bicyclic) bond motifs is 3. The quantitative estimate of drug-likeness (QED) is 0.463. The van der Waals surface area contributed by atoms with Crippen molar-refractivity contribution < 1.29 is 9.90 Å². The number of nitrogens with two attached hydrogens (primary N) is 1. The van der Waals surface area contributed by atoms with Gasteiger partial charge in [-0.1, -0.05) is 41.4 Å². The molecule has 0 aliphatic heterocycles. The number of hydrogen-bond donors (Lipinski definition) is 3. The predicted octanol–water partition coefficient (Wildman–Crippen LogP) is 5.02. The van der Waals surface area contributed by atoms with Gasteiger partial charge < -0.3 is 15.8 Å². The lowest BCUT2D eigenvalue weighted by Crippen LogP contribution is -2.10. The van der Waals surface area contributed by atoms with E-state index in [0.717, 1.165) is 22.2 Å². The van der Waals surface area contributed by atoms with Crippen molar-refractivity contribution in [1.29, 1.82) is 0 Å². The van der Waals surface area contributed by atoms with Gasteiger partial charge in [0.15, 0.2) is 0 Å². The van der Waals surface area contributed by atoms with Crippen LogP contribution in [0.2, 0.25) is 10.0 Å². The normalized spacial score (nSPS) is 11.3. The number of carbonyl (C=O) groups excluding carboxylic acids is 1. The summed E-state index contributed by atoms with van der Waals surface area (Å²) in [5, 5.41) is 12.8. The second kappa shape index (κ2) is 6.24. The summed E-state index contributed by atoms with van der Waals surface area (Å²) in [5.41, 5.74) is 9.03. The lowest BCUT2D eigenvalue weighted by molar-refractivity contribution is 0.100. The molecule has 0 aliphatic carbocycles. The maximum atomic E-state index is 11.8. The Balaban J connectivity index is 2.01. The minimum Gasteiger partial charge on any atom is -0.507 e. The molecule has 0 spiro atoms. The number of primary amides is 1. The van der Waals surface area contributed by atoms with Crippen LogP contribution in [-0.4, -0.2) is 16.0 Å². The number of H-pyrrole nitrogens is 1. The number of halogens is 2. The van der Waals surface area contributed by atoms with E-state index in [9.17, 15) is 9.90 Å². The molecule has 0 radical (unpaired) electrons. The molecule has 6 heteroatoms. The molecule has 1 amide bonds. The summed E-state index contributed by atoms with van der Waals surface area (Å²) in [4.78, 5) is 15.1. The Labute approximate surface area is 159 Å². The fraction of sp³-hybridized carbons (Fsp3) is 0.0500. The molecule has 4 N–H and O–H groups in total. The maximum absolute atomic E-state index is 11.8. The van der Waals surface area contributed by atoms with E-state index in [4.69, 9.17) is 28.9 Å². The topological polar surface area (TPSA) is 79.1 Å². The first kappa shape index (κ1) is 16.8. The van der Waals surface area contributed by atoms with E-state index >= 15 is 0 Å². The van der Waals surface area contributed by atoms with Gasteiger partial charge in [0, 0.05) is 32.9 Å². The highest BCUT2D eigenvalue weighted by Crippen LogP contribution is 2.38. The molecule has 1 aromatic heterocycles. The zero-order valence-corrected chi connectivity index (χ0v) is 15.0.